The van der Waals surface area contributed by atoms with Crippen molar-refractivity contribution in [3.05, 3.63) is 23.8 Å². The Morgan fingerprint density at radius 3 is 2.77 bits per heavy atom. The highest BCUT2D eigenvalue weighted by atomic mass is 16.5. The number of benzene rings is 1. The van der Waals surface area contributed by atoms with Gasteiger partial charge in [-0.15, -0.1) is 0 Å². The molecular formula is C19H29NO2. The molecule has 1 N–H and O–H groups in total. The Hall–Kier alpha value is -1.22. The molecule has 1 heterocycles. The molecule has 0 amide bonds. The van der Waals surface area contributed by atoms with E-state index in [4.69, 9.17) is 9.47 Å². The van der Waals surface area contributed by atoms with E-state index >= 15 is 0 Å². The number of hydrogen-bond donors (Lipinski definition) is 1. The van der Waals surface area contributed by atoms with E-state index in [-0.39, 0.29) is 5.60 Å². The molecule has 122 valence electrons. The minimum atomic E-state index is 0.0505. The van der Waals surface area contributed by atoms with Gasteiger partial charge >= 0.3 is 0 Å². The maximum atomic E-state index is 6.46. The van der Waals surface area contributed by atoms with Crippen molar-refractivity contribution in [3.63, 3.8) is 0 Å². The number of rotatable bonds is 5. The summed E-state index contributed by atoms with van der Waals surface area (Å²) in [5.41, 5.74) is 1.26. The highest BCUT2D eigenvalue weighted by molar-refractivity contribution is 5.49. The molecule has 1 aliphatic heterocycles. The van der Waals surface area contributed by atoms with Crippen molar-refractivity contribution in [2.24, 2.45) is 5.92 Å². The summed E-state index contributed by atoms with van der Waals surface area (Å²) < 4.78 is 12.1. The van der Waals surface area contributed by atoms with E-state index in [0.29, 0.717) is 6.04 Å². The van der Waals surface area contributed by atoms with Gasteiger partial charge in [0.05, 0.1) is 12.7 Å². The molecule has 1 aliphatic carbocycles. The van der Waals surface area contributed by atoms with Crippen LogP contribution in [0.3, 0.4) is 0 Å². The maximum Gasteiger partial charge on any atom is 0.128 e. The number of hydrogen-bond acceptors (Lipinski definition) is 3. The van der Waals surface area contributed by atoms with Crippen molar-refractivity contribution in [2.45, 2.75) is 64.0 Å². The Balaban J connectivity index is 1.86. The lowest BCUT2D eigenvalue weighted by atomic mass is 9.85. The number of fused-ring (bicyclic) bond motifs is 1. The van der Waals surface area contributed by atoms with Crippen LogP contribution < -0.4 is 14.8 Å². The monoisotopic (exact) mass is 303 g/mol. The first-order chi connectivity index (χ1) is 10.6. The summed E-state index contributed by atoms with van der Waals surface area (Å²) in [6, 6.07) is 6.54. The molecule has 3 rings (SSSR count). The summed E-state index contributed by atoms with van der Waals surface area (Å²) in [6.07, 6.45) is 7.22. The fourth-order valence-corrected chi connectivity index (χ4v) is 3.93. The third kappa shape index (κ3) is 3.10. The van der Waals surface area contributed by atoms with Gasteiger partial charge in [0, 0.05) is 12.5 Å². The number of methoxy groups -OCH3 is 1. The molecule has 3 nitrogen and oxygen atoms in total. The zero-order chi connectivity index (χ0) is 15.6. The highest BCUT2D eigenvalue weighted by Crippen LogP contribution is 2.49. The van der Waals surface area contributed by atoms with Crippen LogP contribution in [0.15, 0.2) is 18.2 Å². The second-order valence-electron chi connectivity index (χ2n) is 7.26. The van der Waals surface area contributed by atoms with Gasteiger partial charge in [-0.05, 0) is 56.7 Å². The van der Waals surface area contributed by atoms with Gasteiger partial charge in [0.25, 0.3) is 0 Å². The van der Waals surface area contributed by atoms with Gasteiger partial charge in [0.1, 0.15) is 17.1 Å². The van der Waals surface area contributed by atoms with Crippen LogP contribution >= 0.6 is 0 Å². The lowest BCUT2D eigenvalue weighted by Gasteiger charge is -2.41. The Kier molecular flexibility index (Phi) is 4.62. The van der Waals surface area contributed by atoms with Crippen LogP contribution in [0.5, 0.6) is 11.5 Å². The Bertz CT molecular complexity index is 506. The molecule has 22 heavy (non-hydrogen) atoms. The van der Waals surface area contributed by atoms with Crippen molar-refractivity contribution < 1.29 is 9.47 Å². The van der Waals surface area contributed by atoms with E-state index in [2.05, 4.69) is 25.2 Å². The number of ether oxygens (including phenoxy) is 2. The molecule has 0 radical (unpaired) electrons. The molecule has 1 spiro atoms. The van der Waals surface area contributed by atoms with Crippen LogP contribution in [0.4, 0.5) is 0 Å². The molecule has 1 fully saturated rings. The van der Waals surface area contributed by atoms with Gasteiger partial charge < -0.3 is 14.8 Å². The lowest BCUT2D eigenvalue weighted by molar-refractivity contribution is 0.0356. The van der Waals surface area contributed by atoms with Crippen molar-refractivity contribution in [3.8, 4) is 11.5 Å². The van der Waals surface area contributed by atoms with E-state index in [9.17, 15) is 0 Å². The lowest BCUT2D eigenvalue weighted by Crippen LogP contribution is -2.42. The van der Waals surface area contributed by atoms with Crippen LogP contribution in [0.2, 0.25) is 0 Å². The van der Waals surface area contributed by atoms with Gasteiger partial charge in [-0.25, -0.2) is 0 Å². The van der Waals surface area contributed by atoms with Crippen molar-refractivity contribution in [1.29, 1.82) is 0 Å². The van der Waals surface area contributed by atoms with Gasteiger partial charge in [0.15, 0.2) is 0 Å². The molecule has 1 unspecified atom stereocenters. The summed E-state index contributed by atoms with van der Waals surface area (Å²) >= 11 is 0. The summed E-state index contributed by atoms with van der Waals surface area (Å²) in [4.78, 5) is 0. The van der Waals surface area contributed by atoms with E-state index in [1.165, 1.54) is 37.7 Å². The Morgan fingerprint density at radius 2 is 2.09 bits per heavy atom. The SMILES string of the molecule is COc1cccc2c1C(NCCC(C)C)CC1(CCCC1)O2. The average Bonchev–Trinajstić information content (AvgIpc) is 2.93. The van der Waals surface area contributed by atoms with Gasteiger partial charge in [-0.2, -0.15) is 0 Å². The normalized spacial score (nSPS) is 22.6. The van der Waals surface area contributed by atoms with E-state index in [0.717, 1.165) is 30.4 Å². The third-order valence-corrected chi connectivity index (χ3v) is 5.12. The predicted octanol–water partition coefficient (Wildman–Crippen LogP) is 4.47. The average molecular weight is 303 g/mol. The Morgan fingerprint density at radius 1 is 1.32 bits per heavy atom. The van der Waals surface area contributed by atoms with E-state index < -0.39 is 0 Å². The quantitative estimate of drug-likeness (QED) is 0.870. The summed E-state index contributed by atoms with van der Waals surface area (Å²) in [5.74, 6) is 2.70. The van der Waals surface area contributed by atoms with Crippen molar-refractivity contribution >= 4 is 0 Å². The molecule has 3 heteroatoms. The van der Waals surface area contributed by atoms with Crippen molar-refractivity contribution in [2.75, 3.05) is 13.7 Å². The van der Waals surface area contributed by atoms with Crippen LogP contribution in [-0.4, -0.2) is 19.3 Å². The highest BCUT2D eigenvalue weighted by Gasteiger charge is 2.43. The minimum absolute atomic E-state index is 0.0505. The molecule has 1 aromatic carbocycles. The zero-order valence-corrected chi connectivity index (χ0v) is 14.2. The Labute approximate surface area is 134 Å². The fourth-order valence-electron chi connectivity index (χ4n) is 3.93. The first kappa shape index (κ1) is 15.7. The van der Waals surface area contributed by atoms with Crippen molar-refractivity contribution in [1.82, 2.24) is 5.32 Å². The zero-order valence-electron chi connectivity index (χ0n) is 14.2. The van der Waals surface area contributed by atoms with E-state index in [1.807, 2.05) is 12.1 Å². The molecule has 0 saturated heterocycles. The molecular weight excluding hydrogens is 274 g/mol. The first-order valence-corrected chi connectivity index (χ1v) is 8.73. The predicted molar refractivity (Wildman–Crippen MR) is 89.6 cm³/mol. The minimum Gasteiger partial charge on any atom is -0.496 e. The van der Waals surface area contributed by atoms with Crippen LogP contribution in [0.1, 0.15) is 64.0 Å². The second-order valence-corrected chi connectivity index (χ2v) is 7.26. The van der Waals surface area contributed by atoms with Crippen LogP contribution in [0, 0.1) is 5.92 Å². The topological polar surface area (TPSA) is 30.5 Å². The summed E-state index contributed by atoms with van der Waals surface area (Å²) in [6.45, 7) is 5.60. The van der Waals surface area contributed by atoms with Gasteiger partial charge in [-0.3, -0.25) is 0 Å². The summed E-state index contributed by atoms with van der Waals surface area (Å²) in [5, 5.41) is 3.78. The molecule has 1 saturated carbocycles. The smallest absolute Gasteiger partial charge is 0.128 e. The second kappa shape index (κ2) is 6.49. The fraction of sp³-hybridized carbons (Fsp3) is 0.684. The molecule has 0 bridgehead atoms. The molecule has 0 aromatic heterocycles. The molecule has 1 atom stereocenters. The largest absolute Gasteiger partial charge is 0.496 e. The molecule has 1 aromatic rings. The first-order valence-electron chi connectivity index (χ1n) is 8.73. The third-order valence-electron chi connectivity index (χ3n) is 5.12. The summed E-state index contributed by atoms with van der Waals surface area (Å²) in [7, 11) is 1.75. The number of nitrogens with one attached hydrogen (secondary N) is 1. The van der Waals surface area contributed by atoms with E-state index in [1.54, 1.807) is 7.11 Å². The molecule has 2 aliphatic rings. The van der Waals surface area contributed by atoms with Crippen LogP contribution in [-0.2, 0) is 0 Å². The van der Waals surface area contributed by atoms with Gasteiger partial charge in [0.2, 0.25) is 0 Å². The van der Waals surface area contributed by atoms with Gasteiger partial charge in [-0.1, -0.05) is 19.9 Å². The standard InChI is InChI=1S/C19H29NO2/c1-14(2)9-12-20-15-13-19(10-4-5-11-19)22-17-8-6-7-16(21-3)18(15)17/h6-8,14-15,20H,4-5,9-13H2,1-3H3. The maximum absolute atomic E-state index is 6.46. The van der Waals surface area contributed by atoms with Crippen LogP contribution in [0.25, 0.3) is 0 Å².